The zero-order chi connectivity index (χ0) is 14.6. The summed E-state index contributed by atoms with van der Waals surface area (Å²) in [4.78, 5) is 12.6. The third kappa shape index (κ3) is 4.91. The van der Waals surface area contributed by atoms with Crippen molar-refractivity contribution in [3.63, 3.8) is 0 Å². The Morgan fingerprint density at radius 3 is 2.58 bits per heavy atom. The topological polar surface area (TPSA) is 40.5 Å². The maximum absolute atomic E-state index is 12.4. The lowest BCUT2D eigenvalue weighted by Gasteiger charge is -2.23. The number of alkyl halides is 4. The third-order valence-electron chi connectivity index (χ3n) is 2.20. The molecule has 0 saturated carbocycles. The van der Waals surface area contributed by atoms with Crippen molar-refractivity contribution in [2.45, 2.75) is 6.18 Å². The molecule has 0 unspecified atom stereocenters. The summed E-state index contributed by atoms with van der Waals surface area (Å²) in [5.74, 6) is -1.33. The number of carbonyl (C=O) groups is 1. The molecule has 3 nitrogen and oxygen atoms in total. The van der Waals surface area contributed by atoms with E-state index >= 15 is 0 Å². The van der Waals surface area contributed by atoms with E-state index in [1.165, 1.54) is 6.07 Å². The molecular formula is C11H10BrClF3NO2. The van der Waals surface area contributed by atoms with Crippen molar-refractivity contribution in [1.29, 1.82) is 0 Å². The average Bonchev–Trinajstić information content (AvgIpc) is 2.29. The number of hydrogen-bond donors (Lipinski definition) is 1. The van der Waals surface area contributed by atoms with Crippen LogP contribution in [-0.4, -0.2) is 40.5 Å². The quantitative estimate of drug-likeness (QED) is 0.836. The van der Waals surface area contributed by atoms with E-state index in [2.05, 4.69) is 15.9 Å². The Hall–Kier alpha value is -0.950. The van der Waals surface area contributed by atoms with Crippen molar-refractivity contribution in [2.24, 2.45) is 0 Å². The third-order valence-corrected chi connectivity index (χ3v) is 2.79. The Balaban J connectivity index is 3.02. The molecular weight excluding hydrogens is 350 g/mol. The highest BCUT2D eigenvalue weighted by Crippen LogP contribution is 2.25. The Kier molecular flexibility index (Phi) is 5.49. The van der Waals surface area contributed by atoms with E-state index in [9.17, 15) is 23.1 Å². The molecule has 0 heterocycles. The summed E-state index contributed by atoms with van der Waals surface area (Å²) in [6.07, 6.45) is -4.51. The van der Waals surface area contributed by atoms with Gasteiger partial charge >= 0.3 is 6.18 Å². The monoisotopic (exact) mass is 359 g/mol. The Morgan fingerprint density at radius 1 is 1.42 bits per heavy atom. The smallest absolute Gasteiger partial charge is 0.406 e. The van der Waals surface area contributed by atoms with Gasteiger partial charge in [0.05, 0.1) is 5.56 Å². The molecule has 0 aliphatic heterocycles. The summed E-state index contributed by atoms with van der Waals surface area (Å²) >= 11 is 8.64. The van der Waals surface area contributed by atoms with Crippen LogP contribution < -0.4 is 0 Å². The van der Waals surface area contributed by atoms with Crippen molar-refractivity contribution >= 4 is 33.4 Å². The number of phenols is 1. The fourth-order valence-electron chi connectivity index (χ4n) is 1.42. The fourth-order valence-corrected chi connectivity index (χ4v) is 2.02. The molecule has 0 aliphatic rings. The van der Waals surface area contributed by atoms with Gasteiger partial charge in [-0.3, -0.25) is 4.79 Å². The number of phenolic OH excluding ortho intramolecular Hbond substituents is 1. The lowest BCUT2D eigenvalue weighted by molar-refractivity contribution is -0.140. The standard InChI is InChI=1S/C11H10BrClF3NO2/c12-3-4-17(6-11(14,15)16)10(19)8-5-7(13)1-2-9(8)18/h1-2,5,18H,3-4,6H2. The van der Waals surface area contributed by atoms with E-state index in [0.29, 0.717) is 4.90 Å². The minimum Gasteiger partial charge on any atom is -0.507 e. The van der Waals surface area contributed by atoms with Crippen LogP contribution in [0.3, 0.4) is 0 Å². The average molecular weight is 361 g/mol. The second kappa shape index (κ2) is 6.47. The van der Waals surface area contributed by atoms with Crippen LogP contribution in [-0.2, 0) is 0 Å². The minimum absolute atomic E-state index is 0.135. The molecule has 1 N–H and O–H groups in total. The summed E-state index contributed by atoms with van der Waals surface area (Å²) in [6.45, 7) is -1.52. The van der Waals surface area contributed by atoms with Crippen molar-refractivity contribution in [3.05, 3.63) is 28.8 Å². The number of hydrogen-bond acceptors (Lipinski definition) is 2. The van der Waals surface area contributed by atoms with Gasteiger partial charge in [-0.1, -0.05) is 27.5 Å². The highest BCUT2D eigenvalue weighted by molar-refractivity contribution is 9.09. The van der Waals surface area contributed by atoms with Gasteiger partial charge in [-0.05, 0) is 18.2 Å². The van der Waals surface area contributed by atoms with Crippen LogP contribution in [0.4, 0.5) is 13.2 Å². The first kappa shape index (κ1) is 16.1. The van der Waals surface area contributed by atoms with E-state index in [0.717, 1.165) is 12.1 Å². The van der Waals surface area contributed by atoms with E-state index in [-0.39, 0.29) is 22.5 Å². The van der Waals surface area contributed by atoms with Crippen molar-refractivity contribution < 1.29 is 23.1 Å². The number of halogens is 5. The second-order valence-electron chi connectivity index (χ2n) is 3.69. The lowest BCUT2D eigenvalue weighted by Crippen LogP contribution is -2.40. The summed E-state index contributed by atoms with van der Waals surface area (Å²) in [5.41, 5.74) is -0.252. The van der Waals surface area contributed by atoms with E-state index < -0.39 is 24.4 Å². The van der Waals surface area contributed by atoms with Gasteiger partial charge < -0.3 is 10.0 Å². The van der Waals surface area contributed by atoms with Crippen LogP contribution in [0.1, 0.15) is 10.4 Å². The second-order valence-corrected chi connectivity index (χ2v) is 4.92. The summed E-state index contributed by atoms with van der Waals surface area (Å²) in [5, 5.41) is 9.87. The maximum atomic E-state index is 12.4. The van der Waals surface area contributed by atoms with Gasteiger partial charge in [-0.2, -0.15) is 13.2 Å². The van der Waals surface area contributed by atoms with Gasteiger partial charge in [0, 0.05) is 16.9 Å². The Bertz CT molecular complexity index is 468. The first-order valence-corrected chi connectivity index (χ1v) is 6.65. The normalized spacial score (nSPS) is 11.4. The van der Waals surface area contributed by atoms with Gasteiger partial charge in [0.1, 0.15) is 12.3 Å². The van der Waals surface area contributed by atoms with Gasteiger partial charge in [-0.15, -0.1) is 0 Å². The van der Waals surface area contributed by atoms with E-state index in [4.69, 9.17) is 11.6 Å². The molecule has 0 radical (unpaired) electrons. The fraction of sp³-hybridized carbons (Fsp3) is 0.364. The lowest BCUT2D eigenvalue weighted by atomic mass is 10.1. The van der Waals surface area contributed by atoms with Gasteiger partial charge in [0.2, 0.25) is 0 Å². The van der Waals surface area contributed by atoms with Crippen molar-refractivity contribution in [2.75, 3.05) is 18.4 Å². The van der Waals surface area contributed by atoms with Crippen LogP contribution in [0.25, 0.3) is 0 Å². The summed E-state index contributed by atoms with van der Waals surface area (Å²) in [7, 11) is 0. The molecule has 1 aromatic rings. The maximum Gasteiger partial charge on any atom is 0.406 e. The van der Waals surface area contributed by atoms with E-state index in [1.807, 2.05) is 0 Å². The number of carbonyl (C=O) groups excluding carboxylic acids is 1. The first-order valence-electron chi connectivity index (χ1n) is 5.15. The van der Waals surface area contributed by atoms with Gasteiger partial charge in [0.15, 0.2) is 0 Å². The summed E-state index contributed by atoms with van der Waals surface area (Å²) < 4.78 is 37.2. The molecule has 0 atom stereocenters. The molecule has 106 valence electrons. The highest BCUT2D eigenvalue weighted by atomic mass is 79.9. The summed E-state index contributed by atoms with van der Waals surface area (Å²) in [6, 6.07) is 3.64. The molecule has 1 amide bonds. The number of benzene rings is 1. The Morgan fingerprint density at radius 2 is 2.05 bits per heavy atom. The SMILES string of the molecule is O=C(c1cc(Cl)ccc1O)N(CCBr)CC(F)(F)F. The molecule has 0 aliphatic carbocycles. The van der Waals surface area contributed by atoms with Crippen molar-refractivity contribution in [1.82, 2.24) is 4.90 Å². The van der Waals surface area contributed by atoms with Crippen LogP contribution >= 0.6 is 27.5 Å². The van der Waals surface area contributed by atoms with Gasteiger partial charge in [-0.25, -0.2) is 0 Å². The van der Waals surface area contributed by atoms with Crippen molar-refractivity contribution in [3.8, 4) is 5.75 Å². The minimum atomic E-state index is -4.51. The zero-order valence-electron chi connectivity index (χ0n) is 9.55. The number of aromatic hydroxyl groups is 1. The number of nitrogens with zero attached hydrogens (tertiary/aromatic N) is 1. The van der Waals surface area contributed by atoms with Gasteiger partial charge in [0.25, 0.3) is 5.91 Å². The van der Waals surface area contributed by atoms with Crippen LogP contribution in [0, 0.1) is 0 Å². The first-order chi connectivity index (χ1) is 8.74. The predicted octanol–water partition coefficient (Wildman–Crippen LogP) is 3.45. The molecule has 0 saturated heterocycles. The number of amides is 1. The Labute approximate surface area is 121 Å². The van der Waals surface area contributed by atoms with E-state index in [1.54, 1.807) is 0 Å². The molecule has 0 fully saturated rings. The predicted molar refractivity (Wildman–Crippen MR) is 68.9 cm³/mol. The highest BCUT2D eigenvalue weighted by Gasteiger charge is 2.33. The molecule has 0 bridgehead atoms. The molecule has 1 aromatic carbocycles. The molecule has 19 heavy (non-hydrogen) atoms. The van der Waals surface area contributed by atoms with Crippen LogP contribution in [0.5, 0.6) is 5.75 Å². The zero-order valence-corrected chi connectivity index (χ0v) is 11.9. The molecule has 0 spiro atoms. The van der Waals surface area contributed by atoms with Crippen LogP contribution in [0.2, 0.25) is 5.02 Å². The number of rotatable bonds is 4. The molecule has 0 aromatic heterocycles. The largest absolute Gasteiger partial charge is 0.507 e. The van der Waals surface area contributed by atoms with Crippen LogP contribution in [0.15, 0.2) is 18.2 Å². The molecule has 1 rings (SSSR count). The molecule has 8 heteroatoms.